The van der Waals surface area contributed by atoms with Crippen LogP contribution in [0.25, 0.3) is 0 Å². The van der Waals surface area contributed by atoms with E-state index in [2.05, 4.69) is 10.6 Å². The van der Waals surface area contributed by atoms with E-state index in [0.29, 0.717) is 5.56 Å². The first-order chi connectivity index (χ1) is 21.1. The van der Waals surface area contributed by atoms with E-state index in [1.54, 1.807) is 20.8 Å². The van der Waals surface area contributed by atoms with Gasteiger partial charge in [0.2, 0.25) is 18.1 Å². The highest BCUT2D eigenvalue weighted by Gasteiger charge is 2.48. The van der Waals surface area contributed by atoms with E-state index in [0.717, 1.165) is 17.1 Å². The molecule has 0 aliphatic carbocycles. The Bertz CT molecular complexity index is 1320. The van der Waals surface area contributed by atoms with E-state index in [1.165, 1.54) is 18.2 Å². The number of aliphatic hydroxyl groups excluding tert-OH is 3. The van der Waals surface area contributed by atoms with Crippen molar-refractivity contribution in [3.8, 4) is 5.75 Å². The predicted octanol–water partition coefficient (Wildman–Crippen LogP) is -0.803. The molecule has 0 radical (unpaired) electrons. The van der Waals surface area contributed by atoms with Gasteiger partial charge in [-0.15, -0.1) is 0 Å². The molecule has 1 aromatic rings. The summed E-state index contributed by atoms with van der Waals surface area (Å²) in [7, 11) is 0. The fraction of sp³-hybridized carbons (Fsp3) is 0.517. The van der Waals surface area contributed by atoms with Crippen LogP contribution in [0.2, 0.25) is 0 Å². The highest BCUT2D eigenvalue weighted by Crippen LogP contribution is 2.31. The minimum Gasteiger partial charge on any atom is -0.479 e. The van der Waals surface area contributed by atoms with Crippen LogP contribution in [-0.4, -0.2) is 105 Å². The number of rotatable bonds is 13. The smallest absolute Gasteiger partial charge is 0.335 e. The molecule has 3 rings (SSSR count). The largest absolute Gasteiger partial charge is 0.479 e. The summed E-state index contributed by atoms with van der Waals surface area (Å²) in [5.74, 6) is -4.09. The number of esters is 1. The van der Waals surface area contributed by atoms with Crippen LogP contribution in [0.15, 0.2) is 30.4 Å². The van der Waals surface area contributed by atoms with Gasteiger partial charge in [-0.05, 0) is 44.9 Å². The van der Waals surface area contributed by atoms with Gasteiger partial charge in [-0.1, -0.05) is 6.07 Å². The molecule has 1 saturated heterocycles. The third-order valence-corrected chi connectivity index (χ3v) is 6.72. The molecule has 45 heavy (non-hydrogen) atoms. The second-order valence-corrected chi connectivity index (χ2v) is 11.4. The fourth-order valence-corrected chi connectivity index (χ4v) is 4.17. The van der Waals surface area contributed by atoms with Crippen molar-refractivity contribution in [3.05, 3.63) is 35.9 Å². The van der Waals surface area contributed by atoms with Gasteiger partial charge in [0.05, 0.1) is 11.1 Å². The zero-order valence-electron chi connectivity index (χ0n) is 24.9. The molecular weight excluding hydrogens is 598 g/mol. The van der Waals surface area contributed by atoms with Crippen LogP contribution < -0.4 is 15.4 Å². The lowest BCUT2D eigenvalue weighted by molar-refractivity contribution is -0.271. The molecular formula is C29H37N3O13. The second kappa shape index (κ2) is 15.1. The number of nitrogens with zero attached hydrogens (tertiary/aromatic N) is 1. The molecule has 0 bridgehead atoms. The quantitative estimate of drug-likeness (QED) is 0.115. The molecule has 16 heteroatoms. The van der Waals surface area contributed by atoms with Gasteiger partial charge in [-0.25, -0.2) is 4.79 Å². The number of carboxylic acid groups (broad SMARTS) is 1. The number of carboxylic acids is 1. The average Bonchev–Trinajstić information content (AvgIpc) is 3.28. The Kier molecular flexibility index (Phi) is 11.8. The SMILES string of the molecule is CC(C)(C)C(=O)OCc1ccc(OC2O[C@H](C(=O)O)[C@@H](O)[C@H](O)[C@H]2O)c(NC(=O)CCNC(=O)CCCN2C(=O)C=CC2=O)c1. The van der Waals surface area contributed by atoms with Crippen LogP contribution in [0, 0.1) is 5.41 Å². The third-order valence-electron chi connectivity index (χ3n) is 6.72. The van der Waals surface area contributed by atoms with Crippen molar-refractivity contribution in [1.82, 2.24) is 10.2 Å². The van der Waals surface area contributed by atoms with Gasteiger partial charge in [0.25, 0.3) is 11.8 Å². The molecule has 1 fully saturated rings. The van der Waals surface area contributed by atoms with Gasteiger partial charge in [0, 0.05) is 38.1 Å². The van der Waals surface area contributed by atoms with Crippen molar-refractivity contribution in [3.63, 3.8) is 0 Å². The van der Waals surface area contributed by atoms with E-state index in [4.69, 9.17) is 14.2 Å². The van der Waals surface area contributed by atoms with Crippen LogP contribution in [0.3, 0.4) is 0 Å². The first kappa shape index (κ1) is 35.1. The summed E-state index contributed by atoms with van der Waals surface area (Å²) in [5.41, 5.74) is -0.337. The Morgan fingerprint density at radius 1 is 0.956 bits per heavy atom. The normalized spacial score (nSPS) is 23.1. The number of hydrogen-bond acceptors (Lipinski definition) is 12. The zero-order chi connectivity index (χ0) is 33.5. The zero-order valence-corrected chi connectivity index (χ0v) is 24.9. The summed E-state index contributed by atoms with van der Waals surface area (Å²) in [5, 5.41) is 44.9. The van der Waals surface area contributed by atoms with Crippen molar-refractivity contribution >= 4 is 41.3 Å². The van der Waals surface area contributed by atoms with Crippen molar-refractivity contribution in [1.29, 1.82) is 0 Å². The van der Waals surface area contributed by atoms with E-state index in [1.807, 2.05) is 0 Å². The van der Waals surface area contributed by atoms with E-state index >= 15 is 0 Å². The van der Waals surface area contributed by atoms with Crippen LogP contribution in [0.1, 0.15) is 45.6 Å². The Morgan fingerprint density at radius 2 is 1.62 bits per heavy atom. The van der Waals surface area contributed by atoms with E-state index < -0.39 is 71.7 Å². The number of imide groups is 1. The maximum absolute atomic E-state index is 12.8. The number of anilines is 1. The van der Waals surface area contributed by atoms with Crippen molar-refractivity contribution in [2.45, 2.75) is 77.3 Å². The average molecular weight is 636 g/mol. The van der Waals surface area contributed by atoms with Gasteiger partial charge in [0.1, 0.15) is 30.7 Å². The molecule has 1 unspecified atom stereocenters. The number of nitrogens with one attached hydrogen (secondary N) is 2. The number of aliphatic carboxylic acids is 1. The molecule has 4 amide bonds. The molecule has 2 aliphatic heterocycles. The third kappa shape index (κ3) is 9.55. The van der Waals surface area contributed by atoms with Gasteiger partial charge in [0.15, 0.2) is 6.10 Å². The summed E-state index contributed by atoms with van der Waals surface area (Å²) >= 11 is 0. The molecule has 0 saturated carbocycles. The van der Waals surface area contributed by atoms with Gasteiger partial charge in [-0.2, -0.15) is 0 Å². The molecule has 2 aliphatic rings. The Morgan fingerprint density at radius 3 is 2.24 bits per heavy atom. The van der Waals surface area contributed by atoms with Gasteiger partial charge in [-0.3, -0.25) is 28.9 Å². The molecule has 2 heterocycles. The molecule has 5 atom stereocenters. The topological polar surface area (TPSA) is 238 Å². The lowest BCUT2D eigenvalue weighted by Crippen LogP contribution is -2.61. The minimum atomic E-state index is -1.94. The van der Waals surface area contributed by atoms with E-state index in [-0.39, 0.29) is 50.4 Å². The molecule has 0 aromatic heterocycles. The summed E-state index contributed by atoms with van der Waals surface area (Å²) in [6.07, 6.45) is -7.06. The Balaban J connectivity index is 1.64. The molecule has 246 valence electrons. The van der Waals surface area contributed by atoms with Gasteiger partial charge < -0.3 is 45.3 Å². The van der Waals surface area contributed by atoms with Crippen LogP contribution >= 0.6 is 0 Å². The van der Waals surface area contributed by atoms with Crippen LogP contribution in [0.4, 0.5) is 5.69 Å². The molecule has 0 spiro atoms. The molecule has 16 nitrogen and oxygen atoms in total. The number of benzene rings is 1. The minimum absolute atomic E-state index is 0.00692. The second-order valence-electron chi connectivity index (χ2n) is 11.4. The Labute approximate surface area is 257 Å². The van der Waals surface area contributed by atoms with Crippen LogP contribution in [-0.2, 0) is 44.8 Å². The lowest BCUT2D eigenvalue weighted by Gasteiger charge is -2.38. The van der Waals surface area contributed by atoms with Crippen molar-refractivity contribution in [2.75, 3.05) is 18.4 Å². The van der Waals surface area contributed by atoms with Gasteiger partial charge >= 0.3 is 11.9 Å². The molecule has 1 aromatic carbocycles. The number of amides is 4. The summed E-state index contributed by atoms with van der Waals surface area (Å²) < 4.78 is 16.1. The maximum Gasteiger partial charge on any atom is 0.335 e. The van der Waals surface area contributed by atoms with Crippen LogP contribution in [0.5, 0.6) is 5.75 Å². The van der Waals surface area contributed by atoms with Crippen molar-refractivity contribution < 1.29 is 63.4 Å². The summed E-state index contributed by atoms with van der Waals surface area (Å²) in [4.78, 5) is 72.8. The maximum atomic E-state index is 12.8. The number of carbonyl (C=O) groups is 6. The number of aliphatic hydroxyl groups is 3. The predicted molar refractivity (Wildman–Crippen MR) is 152 cm³/mol. The monoisotopic (exact) mass is 635 g/mol. The standard InChI is InChI=1S/C29H37N3O13/c1-29(2,3)28(42)43-14-15-6-7-17(44-27-24(39)22(37)23(38)25(45-27)26(40)41)16(13-15)31-19(34)10-11-30-18(33)5-4-12-32-20(35)8-9-21(32)36/h6-9,13,22-25,27,37-39H,4-5,10-12,14H2,1-3H3,(H,30,33)(H,31,34)(H,40,41)/t22-,23-,24+,25-,27?/m0/s1. The number of carbonyl (C=O) groups excluding carboxylic acids is 5. The lowest BCUT2D eigenvalue weighted by atomic mass is 9.97. The summed E-state index contributed by atoms with van der Waals surface area (Å²) in [6, 6.07) is 4.23. The number of hydrogen-bond donors (Lipinski definition) is 6. The first-order valence-corrected chi connectivity index (χ1v) is 14.1. The van der Waals surface area contributed by atoms with Crippen molar-refractivity contribution in [2.24, 2.45) is 5.41 Å². The molecule has 6 N–H and O–H groups in total. The highest BCUT2D eigenvalue weighted by molar-refractivity contribution is 6.12. The number of ether oxygens (including phenoxy) is 3. The summed E-state index contributed by atoms with van der Waals surface area (Å²) in [6.45, 7) is 4.86. The first-order valence-electron chi connectivity index (χ1n) is 14.1. The Hall–Kier alpha value is -4.38. The fourth-order valence-electron chi connectivity index (χ4n) is 4.17. The highest BCUT2D eigenvalue weighted by atomic mass is 16.7. The van der Waals surface area contributed by atoms with E-state index in [9.17, 15) is 49.2 Å².